The van der Waals surface area contributed by atoms with Crippen molar-refractivity contribution in [3.63, 3.8) is 0 Å². The Bertz CT molecular complexity index is 271. The van der Waals surface area contributed by atoms with Gasteiger partial charge in [-0.1, -0.05) is 13.8 Å². The van der Waals surface area contributed by atoms with Crippen molar-refractivity contribution < 1.29 is 28.7 Å². The Morgan fingerprint density at radius 1 is 1.00 bits per heavy atom. The first kappa shape index (κ1) is 16.3. The van der Waals surface area contributed by atoms with Gasteiger partial charge in [0.2, 0.25) is 0 Å². The largest absolute Gasteiger partial charge is 0.339 e. The van der Waals surface area contributed by atoms with Gasteiger partial charge in [-0.3, -0.25) is 14.0 Å². The van der Waals surface area contributed by atoms with Gasteiger partial charge in [-0.05, 0) is 18.9 Å². The Morgan fingerprint density at radius 2 is 1.38 bits per heavy atom. The van der Waals surface area contributed by atoms with E-state index in [1.807, 2.05) is 13.8 Å². The number of nitrogens with zero attached hydrogens (tertiary/aromatic N) is 1. The van der Waals surface area contributed by atoms with E-state index < -0.39 is 27.8 Å². The first-order chi connectivity index (χ1) is 6.99. The summed E-state index contributed by atoms with van der Waals surface area (Å²) < 4.78 is 21.5. The molecule has 0 spiro atoms. The summed E-state index contributed by atoms with van der Waals surface area (Å²) in [6.07, 6.45) is -0.615. The van der Waals surface area contributed by atoms with Crippen molar-refractivity contribution in [3.8, 4) is 0 Å². The lowest BCUT2D eigenvalue weighted by Gasteiger charge is -2.23. The Labute approximate surface area is 94.8 Å². The van der Waals surface area contributed by atoms with E-state index >= 15 is 0 Å². The maximum atomic E-state index is 10.8. The van der Waals surface area contributed by atoms with Gasteiger partial charge >= 0.3 is 15.2 Å². The summed E-state index contributed by atoms with van der Waals surface area (Å²) in [6.45, 7) is 4.11. The molecule has 0 aromatic heterocycles. The van der Waals surface area contributed by atoms with Gasteiger partial charge in [0.25, 0.3) is 0 Å². The summed E-state index contributed by atoms with van der Waals surface area (Å²) in [5, 5.41) is 0. The first-order valence-corrected chi connectivity index (χ1v) is 8.40. The summed E-state index contributed by atoms with van der Waals surface area (Å²) in [5.74, 6) is 0.302. The smallest absolute Gasteiger partial charge is 0.324 e. The molecule has 16 heavy (non-hydrogen) atoms. The van der Waals surface area contributed by atoms with Crippen LogP contribution in [0.3, 0.4) is 0 Å². The van der Waals surface area contributed by atoms with Crippen LogP contribution in [-0.2, 0) is 9.13 Å². The SMILES string of the molecule is CC(C)CCN(CP(=O)(O)O)CP(=O)(O)O. The second kappa shape index (κ2) is 6.26. The van der Waals surface area contributed by atoms with Gasteiger partial charge in [0.15, 0.2) is 0 Å². The minimum Gasteiger partial charge on any atom is -0.324 e. The third-order valence-corrected chi connectivity index (χ3v) is 3.33. The maximum Gasteiger partial charge on any atom is 0.339 e. The summed E-state index contributed by atoms with van der Waals surface area (Å²) in [4.78, 5) is 36.2. The molecule has 0 amide bonds. The molecule has 0 saturated heterocycles. The number of hydrogen-bond acceptors (Lipinski definition) is 3. The van der Waals surface area contributed by atoms with Gasteiger partial charge in [0.05, 0.1) is 0 Å². The highest BCUT2D eigenvalue weighted by Crippen LogP contribution is 2.40. The van der Waals surface area contributed by atoms with Gasteiger partial charge in [-0.15, -0.1) is 0 Å². The molecule has 7 nitrogen and oxygen atoms in total. The van der Waals surface area contributed by atoms with Crippen molar-refractivity contribution in [1.82, 2.24) is 4.90 Å². The number of rotatable bonds is 7. The van der Waals surface area contributed by atoms with E-state index in [1.165, 1.54) is 0 Å². The van der Waals surface area contributed by atoms with E-state index in [-0.39, 0.29) is 6.54 Å². The second-order valence-electron chi connectivity index (χ2n) is 4.19. The van der Waals surface area contributed by atoms with Crippen molar-refractivity contribution in [1.29, 1.82) is 0 Å². The minimum absolute atomic E-state index is 0.258. The third kappa shape index (κ3) is 10.8. The molecule has 0 fully saturated rings. The predicted molar refractivity (Wildman–Crippen MR) is 60.0 cm³/mol. The molecule has 0 aliphatic rings. The van der Waals surface area contributed by atoms with Crippen LogP contribution < -0.4 is 0 Å². The lowest BCUT2D eigenvalue weighted by atomic mass is 10.1. The Morgan fingerprint density at radius 3 is 1.62 bits per heavy atom. The maximum absolute atomic E-state index is 10.8. The van der Waals surface area contributed by atoms with Crippen molar-refractivity contribution in [3.05, 3.63) is 0 Å². The molecule has 0 unspecified atom stereocenters. The highest BCUT2D eigenvalue weighted by atomic mass is 31.2. The molecule has 0 bridgehead atoms. The van der Waals surface area contributed by atoms with Crippen LogP contribution in [0.25, 0.3) is 0 Å². The van der Waals surface area contributed by atoms with Crippen LogP contribution in [0.2, 0.25) is 0 Å². The van der Waals surface area contributed by atoms with Gasteiger partial charge in [0.1, 0.15) is 12.6 Å². The quantitative estimate of drug-likeness (QED) is 0.502. The Balaban J connectivity index is 4.40. The van der Waals surface area contributed by atoms with Crippen molar-refractivity contribution in [2.75, 3.05) is 19.1 Å². The van der Waals surface area contributed by atoms with Crippen molar-refractivity contribution in [2.24, 2.45) is 5.92 Å². The number of hydrogen-bond donors (Lipinski definition) is 4. The predicted octanol–water partition coefficient (Wildman–Crippen LogP) is 0.605. The molecule has 0 rings (SSSR count). The molecule has 0 atom stereocenters. The van der Waals surface area contributed by atoms with Crippen LogP contribution in [0.15, 0.2) is 0 Å². The third-order valence-electron chi connectivity index (χ3n) is 1.79. The normalized spacial score (nSPS) is 13.8. The summed E-state index contributed by atoms with van der Waals surface area (Å²) in [6, 6.07) is 0. The highest BCUT2D eigenvalue weighted by Gasteiger charge is 2.25. The molecular weight excluding hydrogens is 256 g/mol. The highest BCUT2D eigenvalue weighted by molar-refractivity contribution is 7.52. The average molecular weight is 275 g/mol. The summed E-state index contributed by atoms with van der Waals surface area (Å²) in [7, 11) is -8.57. The second-order valence-corrected chi connectivity index (χ2v) is 7.41. The van der Waals surface area contributed by atoms with E-state index in [4.69, 9.17) is 19.6 Å². The summed E-state index contributed by atoms with van der Waals surface area (Å²) >= 11 is 0. The molecule has 0 radical (unpaired) electrons. The fraction of sp³-hybridized carbons (Fsp3) is 1.00. The van der Waals surface area contributed by atoms with E-state index in [0.717, 1.165) is 4.90 Å². The van der Waals surface area contributed by atoms with Crippen LogP contribution in [0.1, 0.15) is 20.3 Å². The van der Waals surface area contributed by atoms with E-state index in [0.29, 0.717) is 12.3 Å². The zero-order valence-corrected chi connectivity index (χ0v) is 11.1. The van der Waals surface area contributed by atoms with Crippen LogP contribution in [0, 0.1) is 5.92 Å². The van der Waals surface area contributed by atoms with E-state index in [2.05, 4.69) is 0 Å². The molecule has 98 valence electrons. The molecule has 0 heterocycles. The Hall–Kier alpha value is 0.260. The van der Waals surface area contributed by atoms with Crippen LogP contribution in [0.5, 0.6) is 0 Å². The molecule has 0 aliphatic carbocycles. The summed E-state index contributed by atoms with van der Waals surface area (Å²) in [5.41, 5.74) is 0. The first-order valence-electron chi connectivity index (χ1n) is 4.81. The zero-order valence-electron chi connectivity index (χ0n) is 9.35. The van der Waals surface area contributed by atoms with Crippen LogP contribution in [-0.4, -0.2) is 43.6 Å². The minimum atomic E-state index is -4.29. The van der Waals surface area contributed by atoms with Gasteiger partial charge < -0.3 is 19.6 Å². The fourth-order valence-corrected chi connectivity index (χ4v) is 2.83. The van der Waals surface area contributed by atoms with Gasteiger partial charge in [-0.2, -0.15) is 0 Å². The lowest BCUT2D eigenvalue weighted by Crippen LogP contribution is -2.28. The van der Waals surface area contributed by atoms with Crippen LogP contribution in [0.4, 0.5) is 0 Å². The molecule has 0 aromatic rings. The van der Waals surface area contributed by atoms with E-state index in [9.17, 15) is 9.13 Å². The fourth-order valence-electron chi connectivity index (χ4n) is 1.15. The monoisotopic (exact) mass is 275 g/mol. The van der Waals surface area contributed by atoms with Gasteiger partial charge in [0, 0.05) is 0 Å². The van der Waals surface area contributed by atoms with Crippen molar-refractivity contribution in [2.45, 2.75) is 20.3 Å². The standard InChI is InChI=1S/C7H19NO6P2/c1-7(2)3-4-8(5-15(9,10)11)6-16(12,13)14/h7H,3-6H2,1-2H3,(H2,9,10,11)(H2,12,13,14). The van der Waals surface area contributed by atoms with Crippen molar-refractivity contribution >= 4 is 15.2 Å². The molecule has 0 saturated carbocycles. The molecule has 4 N–H and O–H groups in total. The molecule has 0 aliphatic heterocycles. The molecular formula is C7H19NO6P2. The van der Waals surface area contributed by atoms with Crippen LogP contribution >= 0.6 is 15.2 Å². The van der Waals surface area contributed by atoms with E-state index in [1.54, 1.807) is 0 Å². The topological polar surface area (TPSA) is 118 Å². The van der Waals surface area contributed by atoms with Gasteiger partial charge in [-0.25, -0.2) is 0 Å². The zero-order chi connectivity index (χ0) is 13.0. The molecule has 0 aromatic carbocycles. The average Bonchev–Trinajstić information content (AvgIpc) is 1.93. The molecule has 9 heteroatoms. The Kier molecular flexibility index (Phi) is 6.36. The lowest BCUT2D eigenvalue weighted by molar-refractivity contribution is 0.267.